The molecule has 0 spiro atoms. The SMILES string of the molecule is C=CCOC(=O)O[C@H](C)[C@H]1C(=O)N(Cc2ccc(OC)cc2)[C@@H]1C(=O)OC(C)(C)C. The van der Waals surface area contributed by atoms with Crippen LogP contribution in [0.1, 0.15) is 33.3 Å². The van der Waals surface area contributed by atoms with Gasteiger partial charge in [0.1, 0.15) is 36.0 Å². The molecule has 1 heterocycles. The second-order valence-corrected chi connectivity index (χ2v) is 7.99. The summed E-state index contributed by atoms with van der Waals surface area (Å²) in [5.74, 6) is -1.01. The molecule has 3 atom stereocenters. The molecule has 1 aliphatic rings. The Morgan fingerprint density at radius 2 is 1.87 bits per heavy atom. The number of benzene rings is 1. The molecule has 0 saturated carbocycles. The van der Waals surface area contributed by atoms with Crippen LogP contribution in [-0.2, 0) is 30.3 Å². The van der Waals surface area contributed by atoms with E-state index in [2.05, 4.69) is 6.58 Å². The van der Waals surface area contributed by atoms with Crippen LogP contribution in [-0.4, -0.2) is 54.4 Å². The van der Waals surface area contributed by atoms with Crippen molar-refractivity contribution in [3.05, 3.63) is 42.5 Å². The van der Waals surface area contributed by atoms with Crippen LogP contribution >= 0.6 is 0 Å². The maximum atomic E-state index is 12.9. The van der Waals surface area contributed by atoms with E-state index < -0.39 is 35.8 Å². The van der Waals surface area contributed by atoms with Gasteiger partial charge < -0.3 is 23.8 Å². The van der Waals surface area contributed by atoms with Crippen LogP contribution in [0.25, 0.3) is 0 Å². The lowest BCUT2D eigenvalue weighted by molar-refractivity contribution is -0.188. The van der Waals surface area contributed by atoms with Gasteiger partial charge in [0.2, 0.25) is 5.91 Å². The Morgan fingerprint density at radius 3 is 2.40 bits per heavy atom. The van der Waals surface area contributed by atoms with Crippen molar-refractivity contribution in [2.24, 2.45) is 5.92 Å². The average molecular weight is 419 g/mol. The average Bonchev–Trinajstić information content (AvgIpc) is 2.67. The maximum absolute atomic E-state index is 12.9. The highest BCUT2D eigenvalue weighted by Crippen LogP contribution is 2.34. The predicted octanol–water partition coefficient (Wildman–Crippen LogP) is 3.09. The highest BCUT2D eigenvalue weighted by Gasteiger charge is 2.56. The number of esters is 1. The van der Waals surface area contributed by atoms with Crippen molar-refractivity contribution in [2.75, 3.05) is 13.7 Å². The zero-order valence-corrected chi connectivity index (χ0v) is 18.0. The molecule has 1 saturated heterocycles. The predicted molar refractivity (Wildman–Crippen MR) is 109 cm³/mol. The number of nitrogens with zero attached hydrogens (tertiary/aromatic N) is 1. The zero-order chi connectivity index (χ0) is 22.5. The maximum Gasteiger partial charge on any atom is 0.508 e. The Hall–Kier alpha value is -3.03. The van der Waals surface area contributed by atoms with Crippen LogP contribution in [0.4, 0.5) is 4.79 Å². The standard InChI is InChI=1S/C22H29NO7/c1-7-12-28-21(26)29-14(2)17-18(20(25)30-22(3,4)5)23(19(17)24)13-15-8-10-16(27-6)11-9-15/h7-11,14,17-18H,1,12-13H2,2-6H3/t14-,17-,18+/m1/s1. The second kappa shape index (κ2) is 9.65. The number of likely N-dealkylation sites (tertiary alicyclic amines) is 1. The van der Waals surface area contributed by atoms with Gasteiger partial charge >= 0.3 is 12.1 Å². The van der Waals surface area contributed by atoms with Crippen molar-refractivity contribution in [3.8, 4) is 5.75 Å². The third kappa shape index (κ3) is 5.75. The highest BCUT2D eigenvalue weighted by atomic mass is 16.7. The molecule has 0 bridgehead atoms. The molecule has 1 aromatic carbocycles. The molecule has 1 amide bonds. The van der Waals surface area contributed by atoms with Gasteiger partial charge in [-0.2, -0.15) is 0 Å². The van der Waals surface area contributed by atoms with Gasteiger partial charge in [-0.3, -0.25) is 4.79 Å². The van der Waals surface area contributed by atoms with E-state index in [1.165, 1.54) is 11.0 Å². The Labute approximate surface area is 176 Å². The van der Waals surface area contributed by atoms with Gasteiger partial charge in [-0.15, -0.1) is 0 Å². The Balaban J connectivity index is 2.17. The number of carbonyl (C=O) groups is 3. The van der Waals surface area contributed by atoms with Gasteiger partial charge in [-0.25, -0.2) is 9.59 Å². The monoisotopic (exact) mass is 419 g/mol. The number of amides is 1. The molecule has 0 unspecified atom stereocenters. The zero-order valence-electron chi connectivity index (χ0n) is 18.0. The van der Waals surface area contributed by atoms with Crippen molar-refractivity contribution in [1.29, 1.82) is 0 Å². The van der Waals surface area contributed by atoms with Crippen LogP contribution in [0, 0.1) is 5.92 Å². The molecule has 164 valence electrons. The van der Waals surface area contributed by atoms with Gasteiger partial charge in [0.05, 0.1) is 7.11 Å². The summed E-state index contributed by atoms with van der Waals surface area (Å²) in [5, 5.41) is 0. The Morgan fingerprint density at radius 1 is 1.23 bits per heavy atom. The third-order valence-corrected chi connectivity index (χ3v) is 4.51. The van der Waals surface area contributed by atoms with Gasteiger partial charge in [0.25, 0.3) is 0 Å². The van der Waals surface area contributed by atoms with Crippen LogP contribution < -0.4 is 4.74 Å². The van der Waals surface area contributed by atoms with E-state index in [9.17, 15) is 14.4 Å². The molecule has 8 heteroatoms. The minimum Gasteiger partial charge on any atom is -0.497 e. The van der Waals surface area contributed by atoms with Crippen LogP contribution in [0.2, 0.25) is 0 Å². The molecule has 0 aliphatic carbocycles. The number of carbonyl (C=O) groups excluding carboxylic acids is 3. The minimum absolute atomic E-state index is 0.0107. The summed E-state index contributed by atoms with van der Waals surface area (Å²) in [7, 11) is 1.57. The molecule has 8 nitrogen and oxygen atoms in total. The van der Waals surface area contributed by atoms with E-state index >= 15 is 0 Å². The molecule has 1 aliphatic heterocycles. The van der Waals surface area contributed by atoms with E-state index in [-0.39, 0.29) is 19.1 Å². The first-order valence-electron chi connectivity index (χ1n) is 9.68. The topological polar surface area (TPSA) is 91.4 Å². The lowest BCUT2D eigenvalue weighted by Gasteiger charge is -2.47. The fourth-order valence-corrected chi connectivity index (χ4v) is 3.16. The number of β-lactam (4-membered cyclic amide) rings is 1. The van der Waals surface area contributed by atoms with Gasteiger partial charge in [-0.1, -0.05) is 24.8 Å². The summed E-state index contributed by atoms with van der Waals surface area (Å²) in [6.07, 6.45) is -0.383. The number of hydrogen-bond acceptors (Lipinski definition) is 7. The number of rotatable bonds is 8. The summed E-state index contributed by atoms with van der Waals surface area (Å²) in [5.41, 5.74) is 0.106. The van der Waals surface area contributed by atoms with Gasteiger partial charge in [0.15, 0.2) is 0 Å². The van der Waals surface area contributed by atoms with E-state index in [1.807, 2.05) is 12.1 Å². The molecule has 0 N–H and O–H groups in total. The molecule has 1 fully saturated rings. The van der Waals surface area contributed by atoms with Crippen molar-refractivity contribution < 1.29 is 33.3 Å². The normalized spacial score (nSPS) is 19.4. The van der Waals surface area contributed by atoms with Gasteiger partial charge in [0, 0.05) is 6.54 Å². The van der Waals surface area contributed by atoms with Crippen molar-refractivity contribution >= 4 is 18.0 Å². The van der Waals surface area contributed by atoms with E-state index in [0.717, 1.165) is 5.56 Å². The number of hydrogen-bond donors (Lipinski definition) is 0. The fourth-order valence-electron chi connectivity index (χ4n) is 3.16. The molecule has 2 rings (SSSR count). The van der Waals surface area contributed by atoms with Crippen LogP contribution in [0.15, 0.2) is 36.9 Å². The molecule has 1 aromatic rings. The van der Waals surface area contributed by atoms with Crippen molar-refractivity contribution in [3.63, 3.8) is 0 Å². The van der Waals surface area contributed by atoms with Crippen LogP contribution in [0.3, 0.4) is 0 Å². The van der Waals surface area contributed by atoms with E-state index in [1.54, 1.807) is 46.9 Å². The first-order valence-corrected chi connectivity index (χ1v) is 9.68. The largest absolute Gasteiger partial charge is 0.508 e. The molecule has 0 aromatic heterocycles. The fraction of sp³-hybridized carbons (Fsp3) is 0.500. The number of ether oxygens (including phenoxy) is 4. The van der Waals surface area contributed by atoms with Crippen molar-refractivity contribution in [1.82, 2.24) is 4.90 Å². The Bertz CT molecular complexity index is 782. The first-order chi connectivity index (χ1) is 14.1. The second-order valence-electron chi connectivity index (χ2n) is 7.99. The lowest BCUT2D eigenvalue weighted by Crippen LogP contribution is -2.67. The summed E-state index contributed by atoms with van der Waals surface area (Å²) in [6.45, 7) is 10.5. The molecular weight excluding hydrogens is 390 g/mol. The van der Waals surface area contributed by atoms with Gasteiger partial charge in [-0.05, 0) is 45.4 Å². The first kappa shape index (κ1) is 23.3. The smallest absolute Gasteiger partial charge is 0.497 e. The minimum atomic E-state index is -0.924. The molecular formula is C22H29NO7. The third-order valence-electron chi connectivity index (χ3n) is 4.51. The summed E-state index contributed by atoms with van der Waals surface area (Å²) < 4.78 is 20.6. The summed E-state index contributed by atoms with van der Waals surface area (Å²) >= 11 is 0. The van der Waals surface area contributed by atoms with E-state index in [4.69, 9.17) is 18.9 Å². The summed E-state index contributed by atoms with van der Waals surface area (Å²) in [4.78, 5) is 38.9. The van der Waals surface area contributed by atoms with Crippen molar-refractivity contribution in [2.45, 2.75) is 52.0 Å². The van der Waals surface area contributed by atoms with E-state index in [0.29, 0.717) is 5.75 Å². The Kier molecular flexibility index (Phi) is 7.48. The molecule has 0 radical (unpaired) electrons. The number of methoxy groups -OCH3 is 1. The highest BCUT2D eigenvalue weighted by molar-refractivity contribution is 5.97. The molecule has 30 heavy (non-hydrogen) atoms. The summed E-state index contributed by atoms with van der Waals surface area (Å²) in [6, 6.07) is 6.32. The quantitative estimate of drug-likeness (QED) is 0.363. The van der Waals surface area contributed by atoms with Crippen LogP contribution in [0.5, 0.6) is 5.75 Å². The lowest BCUT2D eigenvalue weighted by atomic mass is 9.82.